The van der Waals surface area contributed by atoms with Crippen LogP contribution >= 0.6 is 0 Å². The van der Waals surface area contributed by atoms with Crippen LogP contribution in [0.5, 0.6) is 0 Å². The number of imide groups is 1. The third-order valence-electron chi connectivity index (χ3n) is 2.79. The number of aryl methyl sites for hydroxylation is 1. The zero-order chi connectivity index (χ0) is 13.4. The second-order valence-corrected chi connectivity index (χ2v) is 4.12. The van der Waals surface area contributed by atoms with Crippen LogP contribution in [-0.4, -0.2) is 46.4 Å². The van der Waals surface area contributed by atoms with Crippen molar-refractivity contribution in [3.63, 3.8) is 0 Å². The Bertz CT molecular complexity index is 534. The monoisotopic (exact) mass is 252 g/mol. The van der Waals surface area contributed by atoms with Crippen molar-refractivity contribution in [2.24, 2.45) is 0 Å². The van der Waals surface area contributed by atoms with Gasteiger partial charge in [0.05, 0.1) is 6.54 Å². The molecule has 1 aliphatic heterocycles. The minimum atomic E-state index is -1.18. The quantitative estimate of drug-likeness (QED) is 0.799. The molecule has 1 saturated heterocycles. The molecule has 2 rings (SSSR count). The number of nitrogens with zero attached hydrogens (tertiary/aromatic N) is 2. The van der Waals surface area contributed by atoms with Crippen LogP contribution < -0.4 is 0 Å². The number of carbonyl (C=O) groups is 3. The van der Waals surface area contributed by atoms with Gasteiger partial charge >= 0.3 is 12.0 Å². The Morgan fingerprint density at radius 2 is 2.17 bits per heavy atom. The molecule has 18 heavy (non-hydrogen) atoms. The lowest BCUT2D eigenvalue weighted by molar-refractivity contribution is -0.125. The molecule has 1 N–H and O–H groups in total. The van der Waals surface area contributed by atoms with Crippen LogP contribution in [0.25, 0.3) is 0 Å². The predicted molar refractivity (Wildman–Crippen MR) is 59.0 cm³/mol. The predicted octanol–water partition coefficient (Wildman–Crippen LogP) is 0.680. The summed E-state index contributed by atoms with van der Waals surface area (Å²) < 4.78 is 5.02. The van der Waals surface area contributed by atoms with E-state index in [4.69, 9.17) is 9.52 Å². The van der Waals surface area contributed by atoms with Crippen LogP contribution in [0.3, 0.4) is 0 Å². The topological polar surface area (TPSA) is 91.1 Å². The molecule has 96 valence electrons. The van der Waals surface area contributed by atoms with Gasteiger partial charge in [0.25, 0.3) is 5.91 Å². The molecule has 0 saturated carbocycles. The summed E-state index contributed by atoms with van der Waals surface area (Å²) in [6.45, 7) is 1.67. The van der Waals surface area contributed by atoms with E-state index < -0.39 is 12.0 Å². The average molecular weight is 252 g/mol. The van der Waals surface area contributed by atoms with E-state index in [2.05, 4.69) is 0 Å². The van der Waals surface area contributed by atoms with Crippen LogP contribution in [0.15, 0.2) is 10.5 Å². The molecule has 7 nitrogen and oxygen atoms in total. The van der Waals surface area contributed by atoms with Gasteiger partial charge in [-0.15, -0.1) is 0 Å². The van der Waals surface area contributed by atoms with Crippen molar-refractivity contribution in [3.8, 4) is 0 Å². The first kappa shape index (κ1) is 12.2. The van der Waals surface area contributed by atoms with Gasteiger partial charge in [-0.05, 0) is 13.0 Å². The lowest BCUT2D eigenvalue weighted by atomic mass is 10.2. The lowest BCUT2D eigenvalue weighted by Crippen LogP contribution is -2.31. The van der Waals surface area contributed by atoms with E-state index in [9.17, 15) is 14.4 Å². The first-order valence-electron chi connectivity index (χ1n) is 5.28. The Morgan fingerprint density at radius 1 is 1.50 bits per heavy atom. The van der Waals surface area contributed by atoms with Crippen LogP contribution in [-0.2, 0) is 11.3 Å². The summed E-state index contributed by atoms with van der Waals surface area (Å²) in [6, 6.07) is 0.939. The molecule has 3 amide bonds. The van der Waals surface area contributed by atoms with Gasteiger partial charge in [0.1, 0.15) is 12.3 Å². The molecule has 1 aliphatic rings. The number of carboxylic acid groups (broad SMARTS) is 1. The molecule has 1 aromatic heterocycles. The van der Waals surface area contributed by atoms with Crippen molar-refractivity contribution in [3.05, 3.63) is 23.2 Å². The number of amides is 3. The number of rotatable bonds is 3. The number of urea groups is 1. The van der Waals surface area contributed by atoms with Crippen LogP contribution in [0, 0.1) is 6.92 Å². The third kappa shape index (κ3) is 1.94. The van der Waals surface area contributed by atoms with Gasteiger partial charge in [-0.3, -0.25) is 9.69 Å². The zero-order valence-corrected chi connectivity index (χ0v) is 9.97. The van der Waals surface area contributed by atoms with Crippen molar-refractivity contribution in [2.45, 2.75) is 13.5 Å². The van der Waals surface area contributed by atoms with E-state index >= 15 is 0 Å². The van der Waals surface area contributed by atoms with E-state index in [0.29, 0.717) is 11.3 Å². The van der Waals surface area contributed by atoms with Crippen LogP contribution in [0.2, 0.25) is 0 Å². The van der Waals surface area contributed by atoms with E-state index in [1.165, 1.54) is 18.0 Å². The van der Waals surface area contributed by atoms with Gasteiger partial charge in [0.2, 0.25) is 5.76 Å². The van der Waals surface area contributed by atoms with Crippen molar-refractivity contribution < 1.29 is 23.9 Å². The number of hydrogen-bond acceptors (Lipinski definition) is 4. The van der Waals surface area contributed by atoms with Crippen molar-refractivity contribution in [2.75, 3.05) is 13.6 Å². The number of aromatic carboxylic acids is 1. The summed E-state index contributed by atoms with van der Waals surface area (Å²) in [5.74, 6) is -1.29. The molecular formula is C11H12N2O5. The van der Waals surface area contributed by atoms with Gasteiger partial charge in [-0.1, -0.05) is 0 Å². The second kappa shape index (κ2) is 4.17. The van der Waals surface area contributed by atoms with Crippen molar-refractivity contribution in [1.82, 2.24) is 9.80 Å². The molecule has 1 aromatic rings. The molecule has 0 aromatic carbocycles. The molecule has 0 spiro atoms. The summed E-state index contributed by atoms with van der Waals surface area (Å²) in [7, 11) is 1.53. The smallest absolute Gasteiger partial charge is 0.371 e. The number of hydrogen-bond donors (Lipinski definition) is 1. The first-order chi connectivity index (χ1) is 8.40. The molecule has 7 heteroatoms. The maximum atomic E-state index is 11.7. The summed E-state index contributed by atoms with van der Waals surface area (Å²) in [5, 5.41) is 8.78. The third-order valence-corrected chi connectivity index (χ3v) is 2.79. The zero-order valence-electron chi connectivity index (χ0n) is 9.97. The molecule has 0 bridgehead atoms. The van der Waals surface area contributed by atoms with E-state index in [1.54, 1.807) is 6.92 Å². The second-order valence-electron chi connectivity index (χ2n) is 4.12. The number of furan rings is 1. The largest absolute Gasteiger partial charge is 0.475 e. The number of carbonyl (C=O) groups excluding carboxylic acids is 2. The lowest BCUT2D eigenvalue weighted by Gasteiger charge is -2.13. The highest BCUT2D eigenvalue weighted by Crippen LogP contribution is 2.19. The molecule has 1 fully saturated rings. The molecular weight excluding hydrogens is 240 g/mol. The highest BCUT2D eigenvalue weighted by atomic mass is 16.4. The highest BCUT2D eigenvalue weighted by Gasteiger charge is 2.34. The van der Waals surface area contributed by atoms with Gasteiger partial charge < -0.3 is 14.4 Å². The molecule has 2 heterocycles. The SMILES string of the molecule is Cc1oc(C(=O)O)cc1CN1C(=O)CN(C)C1=O. The normalized spacial score (nSPS) is 15.7. The number of carboxylic acids is 1. The molecule has 0 aliphatic carbocycles. The Kier molecular flexibility index (Phi) is 2.82. The van der Waals surface area contributed by atoms with E-state index in [0.717, 1.165) is 4.90 Å². The standard InChI is InChI=1S/C11H12N2O5/c1-6-7(3-8(18-6)10(15)16)4-13-9(14)5-12(2)11(13)17/h3H,4-5H2,1-2H3,(H,15,16). The fourth-order valence-electron chi connectivity index (χ4n) is 1.78. The molecule has 0 unspecified atom stereocenters. The van der Waals surface area contributed by atoms with E-state index in [-0.39, 0.29) is 24.8 Å². The van der Waals surface area contributed by atoms with Gasteiger partial charge in [0.15, 0.2) is 0 Å². The molecule has 0 atom stereocenters. The van der Waals surface area contributed by atoms with Crippen LogP contribution in [0.1, 0.15) is 21.9 Å². The van der Waals surface area contributed by atoms with Gasteiger partial charge in [0, 0.05) is 12.6 Å². The van der Waals surface area contributed by atoms with Crippen LogP contribution in [0.4, 0.5) is 4.79 Å². The summed E-state index contributed by atoms with van der Waals surface area (Å²) in [5.41, 5.74) is 0.518. The first-order valence-corrected chi connectivity index (χ1v) is 5.28. The number of likely N-dealkylation sites (N-methyl/N-ethyl adjacent to an activating group) is 1. The Labute approximate surface area is 103 Å². The molecule has 0 radical (unpaired) electrons. The Morgan fingerprint density at radius 3 is 2.61 bits per heavy atom. The summed E-state index contributed by atoms with van der Waals surface area (Å²) in [4.78, 5) is 36.3. The fraction of sp³-hybridized carbons (Fsp3) is 0.364. The summed E-state index contributed by atoms with van der Waals surface area (Å²) >= 11 is 0. The Balaban J connectivity index is 2.22. The highest BCUT2D eigenvalue weighted by molar-refractivity contribution is 6.01. The maximum absolute atomic E-state index is 11.7. The summed E-state index contributed by atoms with van der Waals surface area (Å²) in [6.07, 6.45) is 0. The average Bonchev–Trinajstić information content (AvgIpc) is 2.76. The minimum Gasteiger partial charge on any atom is -0.475 e. The van der Waals surface area contributed by atoms with Gasteiger partial charge in [-0.25, -0.2) is 9.59 Å². The maximum Gasteiger partial charge on any atom is 0.371 e. The fourth-order valence-corrected chi connectivity index (χ4v) is 1.78. The Hall–Kier alpha value is -2.31. The minimum absolute atomic E-state index is 0.0324. The van der Waals surface area contributed by atoms with E-state index in [1.807, 2.05) is 0 Å². The van der Waals surface area contributed by atoms with Crippen molar-refractivity contribution in [1.29, 1.82) is 0 Å². The van der Waals surface area contributed by atoms with Crippen molar-refractivity contribution >= 4 is 17.9 Å². The van der Waals surface area contributed by atoms with Gasteiger partial charge in [-0.2, -0.15) is 0 Å².